The Kier molecular flexibility index (Phi) is 8.46. The third-order valence-electron chi connectivity index (χ3n) is 5.31. The van der Waals surface area contributed by atoms with Crippen LogP contribution < -0.4 is 16.0 Å². The van der Waals surface area contributed by atoms with Gasteiger partial charge in [0, 0.05) is 51.4 Å². The number of hydrogen-bond donors (Lipinski definition) is 3. The van der Waals surface area contributed by atoms with Crippen molar-refractivity contribution < 1.29 is 9.53 Å². The van der Waals surface area contributed by atoms with Crippen LogP contribution in [0.5, 0.6) is 0 Å². The van der Waals surface area contributed by atoms with Crippen LogP contribution >= 0.6 is 0 Å². The van der Waals surface area contributed by atoms with E-state index in [4.69, 9.17) is 4.74 Å². The van der Waals surface area contributed by atoms with E-state index in [1.54, 1.807) is 14.1 Å². The molecule has 1 aliphatic heterocycles. The second-order valence-corrected chi connectivity index (χ2v) is 8.36. The summed E-state index contributed by atoms with van der Waals surface area (Å²) in [4.78, 5) is 18.6. The van der Waals surface area contributed by atoms with Crippen LogP contribution in [0.3, 0.4) is 0 Å². The van der Waals surface area contributed by atoms with Crippen molar-refractivity contribution in [3.05, 3.63) is 35.4 Å². The first-order chi connectivity index (χ1) is 13.7. The summed E-state index contributed by atoms with van der Waals surface area (Å²) in [5.41, 5.74) is 1.79. The highest BCUT2D eigenvalue weighted by molar-refractivity contribution is 5.94. The minimum absolute atomic E-state index is 0.00817. The van der Waals surface area contributed by atoms with Crippen LogP contribution in [0, 0.1) is 0 Å². The van der Waals surface area contributed by atoms with Crippen LogP contribution in [-0.4, -0.2) is 74.8 Å². The smallest absolute Gasteiger partial charge is 0.251 e. The highest BCUT2D eigenvalue weighted by atomic mass is 16.5. The summed E-state index contributed by atoms with van der Waals surface area (Å²) < 4.78 is 5.86. The predicted octanol–water partition coefficient (Wildman–Crippen LogP) is 1.64. The Morgan fingerprint density at radius 2 is 1.93 bits per heavy atom. The number of nitrogens with zero attached hydrogens (tertiary/aromatic N) is 2. The van der Waals surface area contributed by atoms with E-state index in [0.29, 0.717) is 5.56 Å². The summed E-state index contributed by atoms with van der Waals surface area (Å²) in [6.45, 7) is 12.2. The van der Waals surface area contributed by atoms with E-state index in [9.17, 15) is 4.79 Å². The van der Waals surface area contributed by atoms with E-state index in [-0.39, 0.29) is 23.7 Å². The Labute approximate surface area is 175 Å². The van der Waals surface area contributed by atoms with Gasteiger partial charge < -0.3 is 20.7 Å². The van der Waals surface area contributed by atoms with E-state index in [1.165, 1.54) is 0 Å². The second kappa shape index (κ2) is 10.6. The van der Waals surface area contributed by atoms with Crippen molar-refractivity contribution in [2.24, 2.45) is 4.99 Å². The van der Waals surface area contributed by atoms with E-state index in [2.05, 4.69) is 53.5 Å². The molecule has 2 rings (SSSR count). The molecule has 1 aliphatic rings. The van der Waals surface area contributed by atoms with Gasteiger partial charge in [0.2, 0.25) is 0 Å². The standard InChI is InChI=1S/C22H37N5O2/c1-16-13-27(14-17(2)29-16)22(3,4)15-26-21(24-6)25-11-10-18-8-7-9-19(12-18)20(28)23-5/h7-9,12,16-17H,10-11,13-15H2,1-6H3,(H,23,28)(H2,24,25,26). The normalized spacial score (nSPS) is 21.0. The molecule has 2 unspecified atom stereocenters. The lowest BCUT2D eigenvalue weighted by Crippen LogP contribution is -2.59. The third-order valence-corrected chi connectivity index (χ3v) is 5.31. The molecule has 1 amide bonds. The van der Waals surface area contributed by atoms with Gasteiger partial charge in [0.05, 0.1) is 12.2 Å². The monoisotopic (exact) mass is 403 g/mol. The number of aliphatic imine (C=N–C) groups is 1. The fourth-order valence-corrected chi connectivity index (χ4v) is 3.64. The molecular formula is C22H37N5O2. The molecule has 0 aliphatic carbocycles. The number of hydrogen-bond acceptors (Lipinski definition) is 4. The van der Waals surface area contributed by atoms with Gasteiger partial charge in [-0.2, -0.15) is 0 Å². The van der Waals surface area contributed by atoms with Crippen molar-refractivity contribution in [1.29, 1.82) is 0 Å². The van der Waals surface area contributed by atoms with Gasteiger partial charge in [-0.25, -0.2) is 0 Å². The van der Waals surface area contributed by atoms with E-state index >= 15 is 0 Å². The second-order valence-electron chi connectivity index (χ2n) is 8.36. The highest BCUT2D eigenvalue weighted by Gasteiger charge is 2.33. The number of carbonyl (C=O) groups is 1. The molecule has 7 heteroatoms. The Balaban J connectivity index is 1.82. The van der Waals surface area contributed by atoms with Gasteiger partial charge in [0.15, 0.2) is 5.96 Å². The van der Waals surface area contributed by atoms with Gasteiger partial charge in [0.25, 0.3) is 5.91 Å². The number of nitrogens with one attached hydrogen (secondary N) is 3. The summed E-state index contributed by atoms with van der Waals surface area (Å²) >= 11 is 0. The van der Waals surface area contributed by atoms with Crippen LogP contribution in [0.4, 0.5) is 0 Å². The summed E-state index contributed by atoms with van der Waals surface area (Å²) in [5, 5.41) is 9.48. The molecule has 3 N–H and O–H groups in total. The summed E-state index contributed by atoms with van der Waals surface area (Å²) in [6, 6.07) is 7.71. The minimum Gasteiger partial charge on any atom is -0.373 e. The molecular weight excluding hydrogens is 366 g/mol. The van der Waals surface area contributed by atoms with Crippen molar-refractivity contribution in [3.63, 3.8) is 0 Å². The van der Waals surface area contributed by atoms with Crippen LogP contribution in [0.1, 0.15) is 43.6 Å². The number of amides is 1. The Hall–Kier alpha value is -2.12. The molecule has 0 bridgehead atoms. The van der Waals surface area contributed by atoms with Gasteiger partial charge in [-0.3, -0.25) is 14.7 Å². The molecule has 29 heavy (non-hydrogen) atoms. The predicted molar refractivity (Wildman–Crippen MR) is 119 cm³/mol. The number of morpholine rings is 1. The van der Waals surface area contributed by atoms with Crippen LogP contribution in [-0.2, 0) is 11.2 Å². The molecule has 2 atom stereocenters. The lowest BCUT2D eigenvalue weighted by molar-refractivity contribution is -0.0946. The number of guanidine groups is 1. The first kappa shape index (κ1) is 23.2. The maximum absolute atomic E-state index is 11.8. The first-order valence-corrected chi connectivity index (χ1v) is 10.4. The molecule has 162 valence electrons. The van der Waals surface area contributed by atoms with Crippen molar-refractivity contribution in [2.45, 2.75) is 51.9 Å². The summed E-state index contributed by atoms with van der Waals surface area (Å²) in [5.74, 6) is 0.723. The lowest BCUT2D eigenvalue weighted by Gasteiger charge is -2.45. The van der Waals surface area contributed by atoms with Crippen LogP contribution in [0.15, 0.2) is 29.3 Å². The van der Waals surface area contributed by atoms with Gasteiger partial charge in [-0.15, -0.1) is 0 Å². The third kappa shape index (κ3) is 7.01. The average molecular weight is 404 g/mol. The zero-order valence-electron chi connectivity index (χ0n) is 18.7. The molecule has 0 aromatic heterocycles. The molecule has 1 aromatic carbocycles. The van der Waals surface area contributed by atoms with E-state index in [0.717, 1.165) is 44.1 Å². The molecule has 7 nitrogen and oxygen atoms in total. The van der Waals surface area contributed by atoms with Gasteiger partial charge >= 0.3 is 0 Å². The zero-order valence-corrected chi connectivity index (χ0v) is 18.7. The topological polar surface area (TPSA) is 78.0 Å². The maximum Gasteiger partial charge on any atom is 0.251 e. The quantitative estimate of drug-likeness (QED) is 0.477. The van der Waals surface area contributed by atoms with E-state index in [1.807, 2.05) is 24.3 Å². The molecule has 1 fully saturated rings. The van der Waals surface area contributed by atoms with Crippen molar-refractivity contribution in [2.75, 3.05) is 40.3 Å². The Bertz CT molecular complexity index is 694. The summed E-state index contributed by atoms with van der Waals surface area (Å²) in [7, 11) is 3.43. The number of ether oxygens (including phenoxy) is 1. The average Bonchev–Trinajstić information content (AvgIpc) is 2.69. The lowest BCUT2D eigenvalue weighted by atomic mass is 10.00. The van der Waals surface area contributed by atoms with E-state index < -0.39 is 0 Å². The molecule has 0 spiro atoms. The summed E-state index contributed by atoms with van der Waals surface area (Å²) in [6.07, 6.45) is 1.31. The van der Waals surface area contributed by atoms with Gasteiger partial charge in [0.1, 0.15) is 0 Å². The van der Waals surface area contributed by atoms with Crippen molar-refractivity contribution >= 4 is 11.9 Å². The molecule has 0 saturated carbocycles. The van der Waals surface area contributed by atoms with Crippen molar-refractivity contribution in [1.82, 2.24) is 20.9 Å². The number of carbonyl (C=O) groups excluding carboxylic acids is 1. The Morgan fingerprint density at radius 1 is 1.24 bits per heavy atom. The Morgan fingerprint density at radius 3 is 2.55 bits per heavy atom. The van der Waals surface area contributed by atoms with Gasteiger partial charge in [-0.05, 0) is 51.8 Å². The fourth-order valence-electron chi connectivity index (χ4n) is 3.64. The molecule has 1 aromatic rings. The van der Waals surface area contributed by atoms with Crippen molar-refractivity contribution in [3.8, 4) is 0 Å². The number of rotatable bonds is 7. The fraction of sp³-hybridized carbons (Fsp3) is 0.636. The highest BCUT2D eigenvalue weighted by Crippen LogP contribution is 2.20. The minimum atomic E-state index is -0.0636. The molecule has 1 saturated heterocycles. The zero-order chi connectivity index (χ0) is 21.4. The van der Waals surface area contributed by atoms with Crippen LogP contribution in [0.25, 0.3) is 0 Å². The van der Waals surface area contributed by atoms with Crippen LogP contribution in [0.2, 0.25) is 0 Å². The van der Waals surface area contributed by atoms with Gasteiger partial charge in [-0.1, -0.05) is 12.1 Å². The number of benzene rings is 1. The largest absolute Gasteiger partial charge is 0.373 e. The molecule has 0 radical (unpaired) electrons. The maximum atomic E-state index is 11.8. The first-order valence-electron chi connectivity index (χ1n) is 10.4. The SMILES string of the molecule is CN=C(NCCc1cccc(C(=O)NC)c1)NCC(C)(C)N1CC(C)OC(C)C1. The molecule has 1 heterocycles.